The van der Waals surface area contributed by atoms with Crippen LogP contribution in [0.4, 0.5) is 4.79 Å². The molecule has 0 saturated heterocycles. The lowest BCUT2D eigenvalue weighted by Gasteiger charge is -2.08. The third kappa shape index (κ3) is 9.87. The predicted octanol–water partition coefficient (Wildman–Crippen LogP) is 2.75. The Labute approximate surface area is 126 Å². The fourth-order valence-corrected chi connectivity index (χ4v) is 1.57. The van der Waals surface area contributed by atoms with Crippen LogP contribution < -0.4 is 5.32 Å². The number of hydrogen-bond donors (Lipinski definition) is 1. The average molecular weight is 295 g/mol. The van der Waals surface area contributed by atoms with Gasteiger partial charge in [0, 0.05) is 13.2 Å². The van der Waals surface area contributed by atoms with Gasteiger partial charge in [-0.3, -0.25) is 0 Å². The first-order valence-electron chi connectivity index (χ1n) is 7.43. The molecule has 5 heteroatoms. The van der Waals surface area contributed by atoms with Gasteiger partial charge in [-0.05, 0) is 12.0 Å². The van der Waals surface area contributed by atoms with E-state index in [0.29, 0.717) is 26.4 Å². The number of carbonyl (C=O) groups excluding carboxylic acids is 1. The molecule has 0 fully saturated rings. The van der Waals surface area contributed by atoms with Crippen LogP contribution in [0.3, 0.4) is 0 Å². The molecule has 0 aliphatic carbocycles. The number of benzene rings is 1. The van der Waals surface area contributed by atoms with E-state index in [-0.39, 0.29) is 6.61 Å². The molecule has 1 aromatic carbocycles. The van der Waals surface area contributed by atoms with Crippen molar-refractivity contribution < 1.29 is 19.0 Å². The van der Waals surface area contributed by atoms with Crippen LogP contribution in [0, 0.1) is 0 Å². The van der Waals surface area contributed by atoms with Gasteiger partial charge in [-0.2, -0.15) is 0 Å². The van der Waals surface area contributed by atoms with Crippen LogP contribution in [0.2, 0.25) is 0 Å². The highest BCUT2D eigenvalue weighted by Crippen LogP contribution is 2.00. The molecule has 0 heterocycles. The van der Waals surface area contributed by atoms with Crippen LogP contribution in [0.1, 0.15) is 25.3 Å². The largest absolute Gasteiger partial charge is 0.445 e. The molecule has 0 radical (unpaired) electrons. The van der Waals surface area contributed by atoms with Crippen LogP contribution in [0.5, 0.6) is 0 Å². The Hall–Kier alpha value is -1.59. The molecule has 1 amide bonds. The van der Waals surface area contributed by atoms with Crippen LogP contribution >= 0.6 is 0 Å². The van der Waals surface area contributed by atoms with Crippen molar-refractivity contribution >= 4 is 6.09 Å². The molecule has 5 nitrogen and oxygen atoms in total. The second-order valence-electron chi connectivity index (χ2n) is 4.57. The maximum absolute atomic E-state index is 11.4. The topological polar surface area (TPSA) is 56.8 Å². The molecule has 0 bridgehead atoms. The number of carbonyl (C=O) groups is 1. The van der Waals surface area contributed by atoms with Gasteiger partial charge in [-0.15, -0.1) is 0 Å². The van der Waals surface area contributed by atoms with Crippen molar-refractivity contribution in [2.45, 2.75) is 26.4 Å². The van der Waals surface area contributed by atoms with Gasteiger partial charge in [-0.1, -0.05) is 43.7 Å². The minimum Gasteiger partial charge on any atom is -0.445 e. The summed E-state index contributed by atoms with van der Waals surface area (Å²) in [6, 6.07) is 9.57. The number of unbranched alkanes of at least 4 members (excludes halogenated alkanes) is 1. The average Bonchev–Trinajstić information content (AvgIpc) is 2.52. The smallest absolute Gasteiger partial charge is 0.407 e. The van der Waals surface area contributed by atoms with E-state index in [1.54, 1.807) is 0 Å². The van der Waals surface area contributed by atoms with Gasteiger partial charge in [0.2, 0.25) is 0 Å². The summed E-state index contributed by atoms with van der Waals surface area (Å²) >= 11 is 0. The van der Waals surface area contributed by atoms with Crippen molar-refractivity contribution in [1.82, 2.24) is 5.32 Å². The zero-order valence-corrected chi connectivity index (χ0v) is 12.7. The Morgan fingerprint density at radius 3 is 2.48 bits per heavy atom. The monoisotopic (exact) mass is 295 g/mol. The summed E-state index contributed by atoms with van der Waals surface area (Å²) in [6.45, 7) is 5.22. The first-order valence-corrected chi connectivity index (χ1v) is 7.43. The molecule has 1 N–H and O–H groups in total. The highest BCUT2D eigenvalue weighted by molar-refractivity contribution is 5.67. The summed E-state index contributed by atoms with van der Waals surface area (Å²) in [5.41, 5.74) is 0.966. The summed E-state index contributed by atoms with van der Waals surface area (Å²) < 4.78 is 15.8. The van der Waals surface area contributed by atoms with Crippen LogP contribution in [0.15, 0.2) is 30.3 Å². The number of hydrogen-bond acceptors (Lipinski definition) is 4. The van der Waals surface area contributed by atoms with Crippen molar-refractivity contribution in [3.63, 3.8) is 0 Å². The van der Waals surface area contributed by atoms with Gasteiger partial charge in [0.1, 0.15) is 6.61 Å². The van der Waals surface area contributed by atoms with Gasteiger partial charge in [0.05, 0.1) is 19.8 Å². The lowest BCUT2D eigenvalue weighted by atomic mass is 10.2. The van der Waals surface area contributed by atoms with Gasteiger partial charge < -0.3 is 19.5 Å². The normalized spacial score (nSPS) is 10.3. The molecule has 0 atom stereocenters. The molecule has 0 aliphatic rings. The Morgan fingerprint density at radius 2 is 1.76 bits per heavy atom. The zero-order valence-electron chi connectivity index (χ0n) is 12.7. The van der Waals surface area contributed by atoms with Crippen molar-refractivity contribution in [3.8, 4) is 0 Å². The standard InChI is InChI=1S/C16H25NO4/c1-2-3-10-19-12-13-20-11-9-17-16(18)21-14-15-7-5-4-6-8-15/h4-8H,2-3,9-14H2,1H3,(H,17,18). The summed E-state index contributed by atoms with van der Waals surface area (Å²) in [4.78, 5) is 11.4. The molecular formula is C16H25NO4. The first-order chi connectivity index (χ1) is 10.3. The molecule has 21 heavy (non-hydrogen) atoms. The fraction of sp³-hybridized carbons (Fsp3) is 0.562. The van der Waals surface area contributed by atoms with E-state index in [0.717, 1.165) is 25.0 Å². The lowest BCUT2D eigenvalue weighted by Crippen LogP contribution is -2.28. The quantitative estimate of drug-likeness (QED) is 0.638. The lowest BCUT2D eigenvalue weighted by molar-refractivity contribution is 0.0472. The highest BCUT2D eigenvalue weighted by Gasteiger charge is 2.01. The molecular weight excluding hydrogens is 270 g/mol. The van der Waals surface area contributed by atoms with E-state index in [1.807, 2.05) is 30.3 Å². The summed E-state index contributed by atoms with van der Waals surface area (Å²) in [5, 5.41) is 2.64. The van der Waals surface area contributed by atoms with E-state index < -0.39 is 6.09 Å². The van der Waals surface area contributed by atoms with Crippen molar-refractivity contribution in [2.24, 2.45) is 0 Å². The number of ether oxygens (including phenoxy) is 3. The van der Waals surface area contributed by atoms with Crippen LogP contribution in [0.25, 0.3) is 0 Å². The summed E-state index contributed by atoms with van der Waals surface area (Å²) in [5.74, 6) is 0. The molecule has 0 spiro atoms. The van der Waals surface area contributed by atoms with Crippen LogP contribution in [-0.2, 0) is 20.8 Å². The molecule has 118 valence electrons. The Bertz CT molecular complexity index is 370. The number of rotatable bonds is 11. The zero-order chi connectivity index (χ0) is 15.2. The molecule has 0 unspecified atom stereocenters. The summed E-state index contributed by atoms with van der Waals surface area (Å²) in [7, 11) is 0. The number of amides is 1. The maximum Gasteiger partial charge on any atom is 0.407 e. The molecule has 0 aliphatic heterocycles. The van der Waals surface area contributed by atoms with Gasteiger partial charge in [0.25, 0.3) is 0 Å². The summed E-state index contributed by atoms with van der Waals surface area (Å²) in [6.07, 6.45) is 1.78. The Kier molecular flexibility index (Phi) is 10.1. The second-order valence-corrected chi connectivity index (χ2v) is 4.57. The van der Waals surface area contributed by atoms with E-state index in [9.17, 15) is 4.79 Å². The van der Waals surface area contributed by atoms with Gasteiger partial charge in [0.15, 0.2) is 0 Å². The van der Waals surface area contributed by atoms with Gasteiger partial charge in [-0.25, -0.2) is 4.79 Å². The van der Waals surface area contributed by atoms with Gasteiger partial charge >= 0.3 is 6.09 Å². The SMILES string of the molecule is CCCCOCCOCCNC(=O)OCc1ccccc1. The number of nitrogens with one attached hydrogen (secondary N) is 1. The van der Waals surface area contributed by atoms with E-state index in [1.165, 1.54) is 0 Å². The molecule has 1 aromatic rings. The second kappa shape index (κ2) is 12.2. The molecule has 0 saturated carbocycles. The Morgan fingerprint density at radius 1 is 1.05 bits per heavy atom. The predicted molar refractivity (Wildman–Crippen MR) is 81.2 cm³/mol. The van der Waals surface area contributed by atoms with E-state index >= 15 is 0 Å². The maximum atomic E-state index is 11.4. The van der Waals surface area contributed by atoms with E-state index in [2.05, 4.69) is 12.2 Å². The Balaban J connectivity index is 1.89. The third-order valence-electron chi connectivity index (χ3n) is 2.74. The van der Waals surface area contributed by atoms with Crippen molar-refractivity contribution in [3.05, 3.63) is 35.9 Å². The van der Waals surface area contributed by atoms with Crippen molar-refractivity contribution in [2.75, 3.05) is 33.0 Å². The minimum atomic E-state index is -0.429. The fourth-order valence-electron chi connectivity index (χ4n) is 1.57. The molecule has 1 rings (SSSR count). The van der Waals surface area contributed by atoms with E-state index in [4.69, 9.17) is 14.2 Å². The highest BCUT2D eigenvalue weighted by atomic mass is 16.5. The third-order valence-corrected chi connectivity index (χ3v) is 2.74. The first kappa shape index (κ1) is 17.5. The minimum absolute atomic E-state index is 0.277. The van der Waals surface area contributed by atoms with Crippen LogP contribution in [-0.4, -0.2) is 39.1 Å². The molecule has 0 aromatic heterocycles. The number of alkyl carbamates (subject to hydrolysis) is 1. The van der Waals surface area contributed by atoms with Crippen molar-refractivity contribution in [1.29, 1.82) is 0 Å².